The van der Waals surface area contributed by atoms with Crippen LogP contribution in [-0.4, -0.2) is 17.1 Å². The highest BCUT2D eigenvalue weighted by molar-refractivity contribution is 5.95. The Morgan fingerprint density at radius 3 is 2.50 bits per heavy atom. The summed E-state index contributed by atoms with van der Waals surface area (Å²) in [5, 5.41) is 12.1. The van der Waals surface area contributed by atoms with E-state index in [1.165, 1.54) is 30.3 Å². The molecule has 1 atom stereocenters. The molecule has 0 fully saturated rings. The fourth-order valence-electron chi connectivity index (χ4n) is 1.58. The zero-order chi connectivity index (χ0) is 14.5. The molecule has 1 unspecified atom stereocenters. The summed E-state index contributed by atoms with van der Waals surface area (Å²) in [6.07, 6.45) is -0.778. The van der Waals surface area contributed by atoms with E-state index in [2.05, 4.69) is 5.32 Å². The average Bonchev–Trinajstić information content (AvgIpc) is 2.44. The second-order valence-corrected chi connectivity index (χ2v) is 4.22. The van der Waals surface area contributed by atoms with E-state index in [9.17, 15) is 14.3 Å². The first-order valence-corrected chi connectivity index (χ1v) is 6.07. The molecule has 4 nitrogen and oxygen atoms in total. The van der Waals surface area contributed by atoms with Crippen LogP contribution in [0.1, 0.15) is 6.92 Å². The van der Waals surface area contributed by atoms with Crippen molar-refractivity contribution < 1.29 is 19.0 Å². The van der Waals surface area contributed by atoms with Gasteiger partial charge in [-0.25, -0.2) is 4.39 Å². The van der Waals surface area contributed by atoms with Gasteiger partial charge in [0.25, 0.3) is 5.91 Å². The number of amides is 1. The van der Waals surface area contributed by atoms with Crippen LogP contribution in [0, 0.1) is 5.82 Å². The molecule has 0 aromatic heterocycles. The monoisotopic (exact) mass is 275 g/mol. The number of nitrogens with one attached hydrogen (secondary N) is 1. The molecule has 1 amide bonds. The van der Waals surface area contributed by atoms with Gasteiger partial charge in [0.15, 0.2) is 6.10 Å². The number of hydrogen-bond acceptors (Lipinski definition) is 3. The van der Waals surface area contributed by atoms with Crippen molar-refractivity contribution in [3.63, 3.8) is 0 Å². The Balaban J connectivity index is 1.99. The Labute approximate surface area is 115 Å². The number of para-hydroxylation sites is 2. The van der Waals surface area contributed by atoms with Crippen molar-refractivity contribution in [1.29, 1.82) is 0 Å². The van der Waals surface area contributed by atoms with Crippen LogP contribution in [-0.2, 0) is 4.79 Å². The predicted octanol–water partition coefficient (Wildman–Crippen LogP) is 2.94. The van der Waals surface area contributed by atoms with Gasteiger partial charge in [0, 0.05) is 0 Å². The molecule has 20 heavy (non-hydrogen) atoms. The Morgan fingerprint density at radius 1 is 1.20 bits per heavy atom. The van der Waals surface area contributed by atoms with E-state index in [4.69, 9.17) is 4.74 Å². The van der Waals surface area contributed by atoms with Crippen LogP contribution < -0.4 is 10.1 Å². The van der Waals surface area contributed by atoms with E-state index in [1.807, 2.05) is 0 Å². The molecule has 0 saturated carbocycles. The lowest BCUT2D eigenvalue weighted by Crippen LogP contribution is -2.30. The van der Waals surface area contributed by atoms with Crippen LogP contribution in [0.2, 0.25) is 0 Å². The van der Waals surface area contributed by atoms with Crippen molar-refractivity contribution in [3.05, 3.63) is 54.3 Å². The van der Waals surface area contributed by atoms with Crippen LogP contribution in [0.4, 0.5) is 10.1 Å². The number of ether oxygens (including phenoxy) is 1. The van der Waals surface area contributed by atoms with Crippen LogP contribution in [0.25, 0.3) is 0 Å². The molecule has 104 valence electrons. The van der Waals surface area contributed by atoms with Gasteiger partial charge in [-0.05, 0) is 43.3 Å². The number of rotatable bonds is 4. The van der Waals surface area contributed by atoms with E-state index >= 15 is 0 Å². The van der Waals surface area contributed by atoms with E-state index in [-0.39, 0.29) is 11.6 Å². The second kappa shape index (κ2) is 6.06. The molecule has 0 radical (unpaired) electrons. The number of phenolic OH excluding ortho intramolecular Hbond substituents is 1. The van der Waals surface area contributed by atoms with Crippen LogP contribution in [0.3, 0.4) is 0 Å². The molecular weight excluding hydrogens is 261 g/mol. The summed E-state index contributed by atoms with van der Waals surface area (Å²) in [5.74, 6) is -0.402. The van der Waals surface area contributed by atoms with Crippen molar-refractivity contribution in [1.82, 2.24) is 0 Å². The first-order valence-electron chi connectivity index (χ1n) is 6.07. The Morgan fingerprint density at radius 2 is 1.85 bits per heavy atom. The zero-order valence-electron chi connectivity index (χ0n) is 10.8. The smallest absolute Gasteiger partial charge is 0.265 e. The SMILES string of the molecule is CC(Oc1ccc(F)cc1)C(=O)Nc1ccccc1O. The molecule has 2 aromatic rings. The van der Waals surface area contributed by atoms with Gasteiger partial charge in [-0.1, -0.05) is 12.1 Å². The summed E-state index contributed by atoms with van der Waals surface area (Å²) < 4.78 is 18.1. The third-order valence-corrected chi connectivity index (χ3v) is 2.66. The van der Waals surface area contributed by atoms with Crippen LogP contribution in [0.5, 0.6) is 11.5 Å². The minimum absolute atomic E-state index is 0.0187. The number of carbonyl (C=O) groups excluding carboxylic acids is 1. The van der Waals surface area contributed by atoms with E-state index in [0.29, 0.717) is 11.4 Å². The summed E-state index contributed by atoms with van der Waals surface area (Å²) >= 11 is 0. The van der Waals surface area contributed by atoms with Crippen molar-refractivity contribution in [2.45, 2.75) is 13.0 Å². The fourth-order valence-corrected chi connectivity index (χ4v) is 1.58. The van der Waals surface area contributed by atoms with Gasteiger partial charge < -0.3 is 15.2 Å². The molecule has 2 rings (SSSR count). The largest absolute Gasteiger partial charge is 0.506 e. The van der Waals surface area contributed by atoms with Gasteiger partial charge in [-0.15, -0.1) is 0 Å². The van der Waals surface area contributed by atoms with Gasteiger partial charge in [-0.2, -0.15) is 0 Å². The lowest BCUT2D eigenvalue weighted by Gasteiger charge is -2.15. The molecule has 0 saturated heterocycles. The van der Waals surface area contributed by atoms with E-state index in [0.717, 1.165) is 0 Å². The maximum atomic E-state index is 12.8. The van der Waals surface area contributed by atoms with Gasteiger partial charge in [0.1, 0.15) is 17.3 Å². The number of aromatic hydroxyl groups is 1. The molecule has 0 aliphatic rings. The highest BCUT2D eigenvalue weighted by Gasteiger charge is 2.16. The Kier molecular flexibility index (Phi) is 4.20. The van der Waals surface area contributed by atoms with Gasteiger partial charge in [0.05, 0.1) is 5.69 Å². The molecule has 0 heterocycles. The number of benzene rings is 2. The highest BCUT2D eigenvalue weighted by Crippen LogP contribution is 2.22. The van der Waals surface area contributed by atoms with E-state index in [1.54, 1.807) is 25.1 Å². The third kappa shape index (κ3) is 3.47. The summed E-state index contributed by atoms with van der Waals surface area (Å²) in [6.45, 7) is 1.57. The summed E-state index contributed by atoms with van der Waals surface area (Å²) in [4.78, 5) is 11.9. The minimum Gasteiger partial charge on any atom is -0.506 e. The lowest BCUT2D eigenvalue weighted by atomic mass is 10.2. The molecule has 0 spiro atoms. The number of hydrogen-bond donors (Lipinski definition) is 2. The standard InChI is InChI=1S/C15H14FNO3/c1-10(20-12-8-6-11(16)7-9-12)15(19)17-13-4-2-3-5-14(13)18/h2-10,18H,1H3,(H,17,19). The topological polar surface area (TPSA) is 58.6 Å². The predicted molar refractivity (Wildman–Crippen MR) is 73.2 cm³/mol. The molecule has 0 aliphatic heterocycles. The summed E-state index contributed by atoms with van der Waals surface area (Å²) in [7, 11) is 0. The Bertz CT molecular complexity index is 598. The second-order valence-electron chi connectivity index (χ2n) is 4.22. The number of anilines is 1. The van der Waals surface area contributed by atoms with Crippen molar-refractivity contribution >= 4 is 11.6 Å². The summed E-state index contributed by atoms with van der Waals surface area (Å²) in [5.41, 5.74) is 0.312. The number of carbonyl (C=O) groups is 1. The summed E-state index contributed by atoms with van der Waals surface area (Å²) in [6, 6.07) is 11.8. The first-order chi connectivity index (χ1) is 9.56. The van der Waals surface area contributed by atoms with Gasteiger partial charge in [-0.3, -0.25) is 4.79 Å². The lowest BCUT2D eigenvalue weighted by molar-refractivity contribution is -0.122. The highest BCUT2D eigenvalue weighted by atomic mass is 19.1. The van der Waals surface area contributed by atoms with Crippen LogP contribution in [0.15, 0.2) is 48.5 Å². The maximum absolute atomic E-state index is 12.8. The molecule has 2 aromatic carbocycles. The normalized spacial score (nSPS) is 11.7. The van der Waals surface area contributed by atoms with Gasteiger partial charge >= 0.3 is 0 Å². The molecule has 0 bridgehead atoms. The zero-order valence-corrected chi connectivity index (χ0v) is 10.8. The van der Waals surface area contributed by atoms with Gasteiger partial charge in [0.2, 0.25) is 0 Å². The number of halogens is 1. The third-order valence-electron chi connectivity index (χ3n) is 2.66. The van der Waals surface area contributed by atoms with E-state index < -0.39 is 12.0 Å². The molecule has 0 aliphatic carbocycles. The number of phenols is 1. The molecule has 5 heteroatoms. The Hall–Kier alpha value is -2.56. The minimum atomic E-state index is -0.778. The fraction of sp³-hybridized carbons (Fsp3) is 0.133. The molecule has 2 N–H and O–H groups in total. The quantitative estimate of drug-likeness (QED) is 0.843. The van der Waals surface area contributed by atoms with Crippen LogP contribution >= 0.6 is 0 Å². The first kappa shape index (κ1) is 13.9. The average molecular weight is 275 g/mol. The van der Waals surface area contributed by atoms with Crippen molar-refractivity contribution in [2.24, 2.45) is 0 Å². The van der Waals surface area contributed by atoms with Crippen molar-refractivity contribution in [2.75, 3.05) is 5.32 Å². The molecular formula is C15H14FNO3. The maximum Gasteiger partial charge on any atom is 0.265 e. The van der Waals surface area contributed by atoms with Crippen molar-refractivity contribution in [3.8, 4) is 11.5 Å².